The van der Waals surface area contributed by atoms with Gasteiger partial charge in [0.1, 0.15) is 18.5 Å². The van der Waals surface area contributed by atoms with Crippen LogP contribution in [0.25, 0.3) is 11.1 Å². The average Bonchev–Trinajstić information content (AvgIpc) is 3.47. The molecule has 1 saturated heterocycles. The van der Waals surface area contributed by atoms with Crippen LogP contribution in [0.15, 0.2) is 66.7 Å². The van der Waals surface area contributed by atoms with Crippen LogP contribution in [-0.4, -0.2) is 47.2 Å². The highest BCUT2D eigenvalue weighted by Crippen LogP contribution is 2.44. The Morgan fingerprint density at radius 1 is 1.00 bits per heavy atom. The van der Waals surface area contributed by atoms with Gasteiger partial charge in [0.15, 0.2) is 0 Å². The van der Waals surface area contributed by atoms with Crippen LogP contribution in [0.1, 0.15) is 40.2 Å². The van der Waals surface area contributed by atoms with Crippen molar-refractivity contribution in [1.29, 1.82) is 0 Å². The van der Waals surface area contributed by atoms with Gasteiger partial charge >= 0.3 is 12.1 Å². The summed E-state index contributed by atoms with van der Waals surface area (Å²) < 4.78 is 20.1. The maximum absolute atomic E-state index is 14.7. The van der Waals surface area contributed by atoms with Crippen molar-refractivity contribution in [2.24, 2.45) is 0 Å². The average molecular weight is 474 g/mol. The standard InChI is InChI=1S/C27H23FN2O5/c28-22-14-16(25(31)30-13-5-10-24(30)26(32)33)11-12-23(22)29-27(34)35-15-21-19-8-3-1-6-17(19)18-7-2-4-9-20(18)21/h1-4,6-9,11-12,14,21,24H,5,10,13,15H2,(H,29,34)(H,32,33)/t24-/m0/s1. The Morgan fingerprint density at radius 3 is 2.29 bits per heavy atom. The van der Waals surface area contributed by atoms with E-state index in [9.17, 15) is 23.9 Å². The van der Waals surface area contributed by atoms with Gasteiger partial charge in [-0.15, -0.1) is 0 Å². The molecule has 35 heavy (non-hydrogen) atoms. The molecule has 2 amide bonds. The van der Waals surface area contributed by atoms with E-state index in [2.05, 4.69) is 5.32 Å². The first-order valence-electron chi connectivity index (χ1n) is 11.4. The van der Waals surface area contributed by atoms with Crippen molar-refractivity contribution in [1.82, 2.24) is 4.90 Å². The number of halogens is 1. The Labute approximate surface area is 201 Å². The molecule has 0 bridgehead atoms. The van der Waals surface area contributed by atoms with E-state index in [-0.39, 0.29) is 23.8 Å². The fourth-order valence-electron chi connectivity index (χ4n) is 4.93. The molecule has 2 N–H and O–H groups in total. The van der Waals surface area contributed by atoms with E-state index in [0.29, 0.717) is 19.4 Å². The molecular weight excluding hydrogens is 451 g/mol. The number of amides is 2. The third kappa shape index (κ3) is 4.23. The number of carboxylic acid groups (broad SMARTS) is 1. The number of rotatable bonds is 5. The van der Waals surface area contributed by atoms with Gasteiger partial charge < -0.3 is 14.7 Å². The molecule has 1 fully saturated rings. The van der Waals surface area contributed by atoms with E-state index in [1.54, 1.807) is 0 Å². The lowest BCUT2D eigenvalue weighted by atomic mass is 9.98. The number of fused-ring (bicyclic) bond motifs is 3. The van der Waals surface area contributed by atoms with Crippen LogP contribution < -0.4 is 5.32 Å². The summed E-state index contributed by atoms with van der Waals surface area (Å²) in [5, 5.41) is 11.7. The van der Waals surface area contributed by atoms with E-state index in [1.807, 2.05) is 48.5 Å². The van der Waals surface area contributed by atoms with E-state index >= 15 is 0 Å². The minimum absolute atomic E-state index is 0.0220. The van der Waals surface area contributed by atoms with Gasteiger partial charge in [-0.05, 0) is 53.3 Å². The van der Waals surface area contributed by atoms with E-state index in [1.165, 1.54) is 17.0 Å². The van der Waals surface area contributed by atoms with Crippen molar-refractivity contribution in [3.8, 4) is 11.1 Å². The van der Waals surface area contributed by atoms with Crippen molar-refractivity contribution >= 4 is 23.7 Å². The first-order valence-corrected chi connectivity index (χ1v) is 11.4. The zero-order valence-corrected chi connectivity index (χ0v) is 18.7. The maximum atomic E-state index is 14.7. The number of anilines is 1. The molecule has 3 aromatic carbocycles. The molecule has 3 aromatic rings. The third-order valence-electron chi connectivity index (χ3n) is 6.60. The molecule has 1 atom stereocenters. The van der Waals surface area contributed by atoms with Crippen LogP contribution in [0.2, 0.25) is 0 Å². The van der Waals surface area contributed by atoms with Crippen molar-refractivity contribution < 1.29 is 28.6 Å². The van der Waals surface area contributed by atoms with Gasteiger partial charge in [-0.1, -0.05) is 48.5 Å². The second-order valence-corrected chi connectivity index (χ2v) is 8.64. The number of carbonyl (C=O) groups excluding carboxylic acids is 2. The Kier molecular flexibility index (Phi) is 5.94. The van der Waals surface area contributed by atoms with Crippen molar-refractivity contribution in [3.05, 3.63) is 89.2 Å². The number of carbonyl (C=O) groups is 3. The van der Waals surface area contributed by atoms with E-state index in [0.717, 1.165) is 28.3 Å². The van der Waals surface area contributed by atoms with Gasteiger partial charge in [0, 0.05) is 18.0 Å². The van der Waals surface area contributed by atoms with Crippen LogP contribution in [0, 0.1) is 5.82 Å². The van der Waals surface area contributed by atoms with Gasteiger partial charge in [0.25, 0.3) is 5.91 Å². The van der Waals surface area contributed by atoms with E-state index in [4.69, 9.17) is 4.74 Å². The third-order valence-corrected chi connectivity index (χ3v) is 6.60. The predicted molar refractivity (Wildman–Crippen MR) is 127 cm³/mol. The molecule has 0 spiro atoms. The molecule has 5 rings (SSSR count). The van der Waals surface area contributed by atoms with Gasteiger partial charge in [-0.3, -0.25) is 10.1 Å². The number of aliphatic carboxylic acids is 1. The topological polar surface area (TPSA) is 95.9 Å². The lowest BCUT2D eigenvalue weighted by Crippen LogP contribution is -2.40. The number of likely N-dealkylation sites (tertiary alicyclic amines) is 1. The quantitative estimate of drug-likeness (QED) is 0.550. The van der Waals surface area contributed by atoms with Crippen molar-refractivity contribution in [3.63, 3.8) is 0 Å². The predicted octanol–water partition coefficient (Wildman–Crippen LogP) is 4.88. The summed E-state index contributed by atoms with van der Waals surface area (Å²) in [4.78, 5) is 37.7. The largest absolute Gasteiger partial charge is 0.480 e. The highest BCUT2D eigenvalue weighted by molar-refractivity contribution is 5.97. The molecule has 0 radical (unpaired) electrons. The second kappa shape index (κ2) is 9.21. The van der Waals surface area contributed by atoms with Crippen LogP contribution >= 0.6 is 0 Å². The lowest BCUT2D eigenvalue weighted by molar-refractivity contribution is -0.141. The smallest absolute Gasteiger partial charge is 0.411 e. The van der Waals surface area contributed by atoms with Crippen LogP contribution in [-0.2, 0) is 9.53 Å². The van der Waals surface area contributed by atoms with E-state index < -0.39 is 29.8 Å². The summed E-state index contributed by atoms with van der Waals surface area (Å²) in [6.45, 7) is 0.390. The maximum Gasteiger partial charge on any atom is 0.411 e. The number of ether oxygens (including phenoxy) is 1. The SMILES string of the molecule is O=C(Nc1ccc(C(=O)N2CCC[C@H]2C(=O)O)cc1F)OCC1c2ccccc2-c2ccccc21. The molecule has 1 aliphatic heterocycles. The lowest BCUT2D eigenvalue weighted by Gasteiger charge is -2.21. The summed E-state index contributed by atoms with van der Waals surface area (Å²) in [7, 11) is 0. The summed E-state index contributed by atoms with van der Waals surface area (Å²) in [5.74, 6) is -2.57. The Morgan fingerprint density at radius 2 is 1.66 bits per heavy atom. The van der Waals surface area contributed by atoms with Crippen LogP contribution in [0.5, 0.6) is 0 Å². The molecular formula is C27H23FN2O5. The molecule has 1 aliphatic carbocycles. The fraction of sp³-hybridized carbons (Fsp3) is 0.222. The summed E-state index contributed by atoms with van der Waals surface area (Å²) in [5.41, 5.74) is 4.23. The second-order valence-electron chi connectivity index (χ2n) is 8.64. The normalized spacial score (nSPS) is 16.5. The Bertz CT molecular complexity index is 1280. The monoisotopic (exact) mass is 474 g/mol. The minimum Gasteiger partial charge on any atom is -0.480 e. The zero-order valence-electron chi connectivity index (χ0n) is 18.7. The highest BCUT2D eigenvalue weighted by atomic mass is 19.1. The molecule has 0 saturated carbocycles. The number of hydrogen-bond acceptors (Lipinski definition) is 4. The first kappa shape index (κ1) is 22.6. The van der Waals surface area contributed by atoms with Crippen LogP contribution in [0.3, 0.4) is 0 Å². The Balaban J connectivity index is 1.25. The summed E-state index contributed by atoms with van der Waals surface area (Å²) in [6.07, 6.45) is 0.132. The minimum atomic E-state index is -1.08. The molecule has 0 aromatic heterocycles. The molecule has 2 aliphatic rings. The molecule has 8 heteroatoms. The van der Waals surface area contributed by atoms with Gasteiger partial charge in [0.05, 0.1) is 5.69 Å². The molecule has 7 nitrogen and oxygen atoms in total. The molecule has 0 unspecified atom stereocenters. The van der Waals surface area contributed by atoms with Gasteiger partial charge in [-0.2, -0.15) is 0 Å². The van der Waals surface area contributed by atoms with Crippen molar-refractivity contribution in [2.75, 3.05) is 18.5 Å². The number of hydrogen-bond donors (Lipinski definition) is 2. The van der Waals surface area contributed by atoms with Gasteiger partial charge in [0.2, 0.25) is 0 Å². The summed E-state index contributed by atoms with van der Waals surface area (Å²) in [6, 6.07) is 18.6. The summed E-state index contributed by atoms with van der Waals surface area (Å²) >= 11 is 0. The fourth-order valence-corrected chi connectivity index (χ4v) is 4.93. The molecule has 178 valence electrons. The highest BCUT2D eigenvalue weighted by Gasteiger charge is 2.34. The zero-order chi connectivity index (χ0) is 24.5. The Hall–Kier alpha value is -4.20. The molecule has 1 heterocycles. The number of nitrogens with zero attached hydrogens (tertiary/aromatic N) is 1. The first-order chi connectivity index (χ1) is 16.9. The van der Waals surface area contributed by atoms with Crippen molar-refractivity contribution in [2.45, 2.75) is 24.8 Å². The van der Waals surface area contributed by atoms with Gasteiger partial charge in [-0.25, -0.2) is 14.0 Å². The number of nitrogens with one attached hydrogen (secondary N) is 1. The number of carboxylic acids is 1. The van der Waals surface area contributed by atoms with Crippen LogP contribution in [0.4, 0.5) is 14.9 Å². The number of benzene rings is 3.